The summed E-state index contributed by atoms with van der Waals surface area (Å²) in [5, 5.41) is 8.32. The van der Waals surface area contributed by atoms with Crippen LogP contribution in [0.15, 0.2) is 36.5 Å². The van der Waals surface area contributed by atoms with Crippen molar-refractivity contribution in [3.05, 3.63) is 47.8 Å². The number of aromatic nitrogens is 2. The molecule has 3 aliphatic rings. The van der Waals surface area contributed by atoms with Crippen LogP contribution in [0.25, 0.3) is 5.69 Å². The zero-order valence-electron chi connectivity index (χ0n) is 17.4. The molecule has 1 spiro atoms. The number of likely N-dealkylation sites (tertiary alicyclic amines) is 1. The van der Waals surface area contributed by atoms with Gasteiger partial charge < -0.3 is 15.0 Å². The minimum atomic E-state index is -0.334. The molecular weight excluding hydrogens is 400 g/mol. The first-order chi connectivity index (χ1) is 14.2. The third-order valence-corrected chi connectivity index (χ3v) is 6.84. The molecule has 1 aromatic carbocycles. The number of hydrogen-bond donors (Lipinski definition) is 1. The second-order valence-corrected chi connectivity index (χ2v) is 8.65. The van der Waals surface area contributed by atoms with Crippen LogP contribution < -0.4 is 5.32 Å². The molecule has 0 bridgehead atoms. The summed E-state index contributed by atoms with van der Waals surface area (Å²) >= 11 is 0. The van der Waals surface area contributed by atoms with Crippen molar-refractivity contribution in [1.29, 1.82) is 0 Å². The summed E-state index contributed by atoms with van der Waals surface area (Å²) in [5.74, 6) is 0.858. The van der Waals surface area contributed by atoms with Crippen molar-refractivity contribution in [2.75, 3.05) is 32.8 Å². The summed E-state index contributed by atoms with van der Waals surface area (Å²) in [7, 11) is 0. The number of rotatable bonds is 3. The first-order valence-electron chi connectivity index (χ1n) is 11.0. The van der Waals surface area contributed by atoms with Crippen LogP contribution in [0.2, 0.25) is 0 Å². The Morgan fingerprint density at radius 1 is 1.17 bits per heavy atom. The molecule has 2 saturated heterocycles. The van der Waals surface area contributed by atoms with Gasteiger partial charge in [0.05, 0.1) is 18.0 Å². The Hall–Kier alpha value is -1.89. The van der Waals surface area contributed by atoms with Gasteiger partial charge in [-0.25, -0.2) is 4.68 Å². The van der Waals surface area contributed by atoms with Gasteiger partial charge >= 0.3 is 0 Å². The van der Waals surface area contributed by atoms with E-state index in [1.165, 1.54) is 5.56 Å². The van der Waals surface area contributed by atoms with E-state index in [4.69, 9.17) is 9.84 Å². The van der Waals surface area contributed by atoms with E-state index in [2.05, 4.69) is 28.5 Å². The predicted molar refractivity (Wildman–Crippen MR) is 118 cm³/mol. The van der Waals surface area contributed by atoms with E-state index in [0.717, 1.165) is 76.3 Å². The fourth-order valence-electron chi connectivity index (χ4n) is 5.07. The van der Waals surface area contributed by atoms with E-state index in [9.17, 15) is 4.79 Å². The number of hydrogen-bond acceptors (Lipinski definition) is 4. The highest BCUT2D eigenvalue weighted by atomic mass is 35.5. The molecule has 1 amide bonds. The fourth-order valence-corrected chi connectivity index (χ4v) is 5.07. The Labute approximate surface area is 184 Å². The number of carbonyl (C=O) groups is 1. The van der Waals surface area contributed by atoms with Crippen molar-refractivity contribution in [1.82, 2.24) is 20.0 Å². The molecule has 0 unspecified atom stereocenters. The number of nitrogens with one attached hydrogen (secondary N) is 1. The Morgan fingerprint density at radius 2 is 1.90 bits per heavy atom. The summed E-state index contributed by atoms with van der Waals surface area (Å²) in [4.78, 5) is 14.9. The molecular formula is C23H31ClN4O2. The molecule has 0 saturated carbocycles. The van der Waals surface area contributed by atoms with Gasteiger partial charge in [0, 0.05) is 25.7 Å². The van der Waals surface area contributed by atoms with Gasteiger partial charge in [0.15, 0.2) is 0 Å². The number of amides is 1. The first-order valence-corrected chi connectivity index (χ1v) is 11.0. The molecule has 0 atom stereocenters. The minimum Gasteiger partial charge on any atom is -0.368 e. The third-order valence-electron chi connectivity index (χ3n) is 6.84. The molecule has 2 aromatic rings. The molecule has 5 rings (SSSR count). The van der Waals surface area contributed by atoms with Crippen LogP contribution in [-0.4, -0.2) is 53.4 Å². The highest BCUT2D eigenvalue weighted by Gasteiger charge is 2.44. The van der Waals surface area contributed by atoms with E-state index in [-0.39, 0.29) is 18.0 Å². The normalized spacial score (nSPS) is 21.1. The molecule has 30 heavy (non-hydrogen) atoms. The monoisotopic (exact) mass is 430 g/mol. The summed E-state index contributed by atoms with van der Waals surface area (Å²) in [5.41, 5.74) is 3.11. The zero-order chi connectivity index (χ0) is 19.7. The van der Waals surface area contributed by atoms with Crippen molar-refractivity contribution in [2.45, 2.75) is 44.1 Å². The van der Waals surface area contributed by atoms with Crippen LogP contribution >= 0.6 is 12.4 Å². The quantitative estimate of drug-likeness (QED) is 0.812. The number of piperidine rings is 2. The topological polar surface area (TPSA) is 59.4 Å². The SMILES string of the molecule is Cl.O=C(CC1CCNCC1)N1CCC2(CC1)OCCc1cn(-c3ccccc3)nc12. The highest BCUT2D eigenvalue weighted by molar-refractivity contribution is 5.85. The number of para-hydroxylation sites is 1. The molecule has 0 aliphatic carbocycles. The van der Waals surface area contributed by atoms with Crippen LogP contribution in [0.1, 0.15) is 43.4 Å². The van der Waals surface area contributed by atoms with Gasteiger partial charge in [0.2, 0.25) is 5.91 Å². The molecule has 2 fully saturated rings. The lowest BCUT2D eigenvalue weighted by Gasteiger charge is -2.43. The van der Waals surface area contributed by atoms with Gasteiger partial charge in [-0.15, -0.1) is 12.4 Å². The van der Waals surface area contributed by atoms with Crippen molar-refractivity contribution < 1.29 is 9.53 Å². The van der Waals surface area contributed by atoms with E-state index in [1.807, 2.05) is 22.9 Å². The number of ether oxygens (including phenoxy) is 1. The van der Waals surface area contributed by atoms with Crippen LogP contribution in [0, 0.1) is 5.92 Å². The number of nitrogens with zero attached hydrogens (tertiary/aromatic N) is 3. The maximum Gasteiger partial charge on any atom is 0.222 e. The molecule has 4 heterocycles. The van der Waals surface area contributed by atoms with Gasteiger partial charge in [-0.3, -0.25) is 4.79 Å². The molecule has 6 nitrogen and oxygen atoms in total. The molecule has 0 radical (unpaired) electrons. The maximum atomic E-state index is 12.8. The van der Waals surface area contributed by atoms with Gasteiger partial charge in [-0.05, 0) is 68.8 Å². The van der Waals surface area contributed by atoms with Crippen LogP contribution in [0.3, 0.4) is 0 Å². The Morgan fingerprint density at radius 3 is 2.63 bits per heavy atom. The largest absolute Gasteiger partial charge is 0.368 e. The Kier molecular flexibility index (Phi) is 6.46. The molecule has 7 heteroatoms. The molecule has 1 N–H and O–H groups in total. The Balaban J connectivity index is 0.00000218. The Bertz CT molecular complexity index is 855. The van der Waals surface area contributed by atoms with Gasteiger partial charge in [0.1, 0.15) is 5.60 Å². The second kappa shape index (κ2) is 9.08. The number of carbonyl (C=O) groups excluding carboxylic acids is 1. The van der Waals surface area contributed by atoms with Gasteiger partial charge in [-0.1, -0.05) is 18.2 Å². The minimum absolute atomic E-state index is 0. The van der Waals surface area contributed by atoms with E-state index >= 15 is 0 Å². The summed E-state index contributed by atoms with van der Waals surface area (Å²) in [6.45, 7) is 4.35. The number of fused-ring (bicyclic) bond motifs is 2. The number of halogens is 1. The number of benzene rings is 1. The van der Waals surface area contributed by atoms with Crippen molar-refractivity contribution in [3.63, 3.8) is 0 Å². The average Bonchev–Trinajstić information content (AvgIpc) is 3.22. The van der Waals surface area contributed by atoms with Crippen LogP contribution in [0.5, 0.6) is 0 Å². The summed E-state index contributed by atoms with van der Waals surface area (Å²) in [6, 6.07) is 10.2. The smallest absolute Gasteiger partial charge is 0.222 e. The fraction of sp³-hybridized carbons (Fsp3) is 0.565. The highest BCUT2D eigenvalue weighted by Crippen LogP contribution is 2.41. The van der Waals surface area contributed by atoms with Crippen LogP contribution in [0.4, 0.5) is 0 Å². The maximum absolute atomic E-state index is 12.8. The standard InChI is InChI=1S/C23H30N4O2.ClH/c28-21(16-18-6-11-24-12-7-18)26-13-9-23(10-14-26)22-19(8-15-29-23)17-27(25-22)20-4-2-1-3-5-20;/h1-5,17-18,24H,6-16H2;1H. The predicted octanol–water partition coefficient (Wildman–Crippen LogP) is 3.07. The van der Waals surface area contributed by atoms with Gasteiger partial charge in [-0.2, -0.15) is 5.10 Å². The lowest BCUT2D eigenvalue weighted by Crippen LogP contribution is -2.49. The summed E-state index contributed by atoms with van der Waals surface area (Å²) < 4.78 is 8.32. The van der Waals surface area contributed by atoms with E-state index in [0.29, 0.717) is 18.2 Å². The van der Waals surface area contributed by atoms with Crippen molar-refractivity contribution >= 4 is 18.3 Å². The zero-order valence-corrected chi connectivity index (χ0v) is 18.2. The van der Waals surface area contributed by atoms with Crippen LogP contribution in [-0.2, 0) is 21.6 Å². The summed E-state index contributed by atoms with van der Waals surface area (Å²) in [6.07, 6.45) is 7.67. The molecule has 1 aromatic heterocycles. The average molecular weight is 431 g/mol. The molecule has 162 valence electrons. The van der Waals surface area contributed by atoms with E-state index in [1.54, 1.807) is 0 Å². The third kappa shape index (κ3) is 4.13. The lowest BCUT2D eigenvalue weighted by atomic mass is 9.83. The second-order valence-electron chi connectivity index (χ2n) is 8.65. The molecule has 3 aliphatic heterocycles. The first kappa shape index (κ1) is 21.3. The van der Waals surface area contributed by atoms with Crippen molar-refractivity contribution in [2.24, 2.45) is 5.92 Å². The van der Waals surface area contributed by atoms with E-state index < -0.39 is 0 Å². The lowest BCUT2D eigenvalue weighted by molar-refractivity contribution is -0.142. The van der Waals surface area contributed by atoms with Crippen molar-refractivity contribution in [3.8, 4) is 5.69 Å². The van der Waals surface area contributed by atoms with Gasteiger partial charge in [0.25, 0.3) is 0 Å².